The Morgan fingerprint density at radius 2 is 1.56 bits per heavy atom. The Balaban J connectivity index is 1.57. The number of nitriles is 1. The van der Waals surface area contributed by atoms with Crippen molar-refractivity contribution in [1.82, 2.24) is 9.97 Å². The van der Waals surface area contributed by atoms with E-state index < -0.39 is 5.41 Å². The highest BCUT2D eigenvalue weighted by molar-refractivity contribution is 5.93. The summed E-state index contributed by atoms with van der Waals surface area (Å²) >= 11 is 0. The van der Waals surface area contributed by atoms with Crippen LogP contribution in [0.15, 0.2) is 36.7 Å². The standard InChI is InChI=1S/C20H24N6O/c1-20(2,3)19(27)24-18-7-6-17(14-23-18)26-10-8-25(9-11-26)16-5-4-15(12-21)22-13-16/h4-7,13-14H,8-11H2,1-3H3,(H,23,24,27). The van der Waals surface area contributed by atoms with Crippen LogP contribution in [-0.2, 0) is 4.79 Å². The Bertz CT molecular complexity index is 825. The van der Waals surface area contributed by atoms with Gasteiger partial charge in [0.1, 0.15) is 17.6 Å². The molecule has 1 N–H and O–H groups in total. The lowest BCUT2D eigenvalue weighted by Gasteiger charge is -2.37. The minimum atomic E-state index is -0.447. The van der Waals surface area contributed by atoms with E-state index in [2.05, 4.69) is 25.1 Å². The Hall–Kier alpha value is -3.14. The normalized spacial score (nSPS) is 14.6. The predicted octanol–water partition coefficient (Wildman–Crippen LogP) is 2.66. The summed E-state index contributed by atoms with van der Waals surface area (Å²) in [6.07, 6.45) is 3.56. The van der Waals surface area contributed by atoms with Gasteiger partial charge in [0.25, 0.3) is 0 Å². The zero-order valence-electron chi connectivity index (χ0n) is 15.9. The summed E-state index contributed by atoms with van der Waals surface area (Å²) in [5.74, 6) is 0.522. The van der Waals surface area contributed by atoms with Crippen molar-refractivity contribution in [1.29, 1.82) is 5.26 Å². The molecule has 0 radical (unpaired) electrons. The fourth-order valence-corrected chi connectivity index (χ4v) is 2.81. The highest BCUT2D eigenvalue weighted by Gasteiger charge is 2.22. The van der Waals surface area contributed by atoms with Crippen LogP contribution in [-0.4, -0.2) is 42.1 Å². The quantitative estimate of drug-likeness (QED) is 0.901. The van der Waals surface area contributed by atoms with Crippen molar-refractivity contribution in [3.05, 3.63) is 42.4 Å². The maximum absolute atomic E-state index is 12.0. The summed E-state index contributed by atoms with van der Waals surface area (Å²) in [4.78, 5) is 25.1. The number of hydrogen-bond acceptors (Lipinski definition) is 6. The molecule has 1 aliphatic heterocycles. The molecular formula is C20H24N6O. The van der Waals surface area contributed by atoms with Crippen molar-refractivity contribution < 1.29 is 4.79 Å². The van der Waals surface area contributed by atoms with Gasteiger partial charge in [-0.25, -0.2) is 9.97 Å². The van der Waals surface area contributed by atoms with E-state index in [9.17, 15) is 4.79 Å². The summed E-state index contributed by atoms with van der Waals surface area (Å²) in [6.45, 7) is 9.11. The van der Waals surface area contributed by atoms with E-state index in [1.807, 2.05) is 45.0 Å². The second kappa shape index (κ2) is 7.62. The number of rotatable bonds is 3. The van der Waals surface area contributed by atoms with E-state index in [1.165, 1.54) is 0 Å². The molecule has 2 aromatic rings. The van der Waals surface area contributed by atoms with Gasteiger partial charge in [0, 0.05) is 31.6 Å². The van der Waals surface area contributed by atoms with E-state index in [4.69, 9.17) is 5.26 Å². The lowest BCUT2D eigenvalue weighted by atomic mass is 9.96. The van der Waals surface area contributed by atoms with Gasteiger partial charge in [-0.15, -0.1) is 0 Å². The SMILES string of the molecule is CC(C)(C)C(=O)Nc1ccc(N2CCN(c3ccc(C#N)nc3)CC2)cn1. The molecular weight excluding hydrogens is 340 g/mol. The van der Waals surface area contributed by atoms with Gasteiger partial charge >= 0.3 is 0 Å². The van der Waals surface area contributed by atoms with Crippen molar-refractivity contribution in [2.24, 2.45) is 5.41 Å². The van der Waals surface area contributed by atoms with Crippen LogP contribution in [0.25, 0.3) is 0 Å². The van der Waals surface area contributed by atoms with Crippen molar-refractivity contribution in [3.63, 3.8) is 0 Å². The first-order valence-electron chi connectivity index (χ1n) is 9.00. The Kier molecular flexibility index (Phi) is 5.26. The molecule has 0 bridgehead atoms. The number of carbonyl (C=O) groups excluding carboxylic acids is 1. The van der Waals surface area contributed by atoms with Gasteiger partial charge < -0.3 is 15.1 Å². The number of aromatic nitrogens is 2. The minimum absolute atomic E-state index is 0.0487. The van der Waals surface area contributed by atoms with Crippen molar-refractivity contribution in [2.45, 2.75) is 20.8 Å². The largest absolute Gasteiger partial charge is 0.367 e. The number of pyridine rings is 2. The smallest absolute Gasteiger partial charge is 0.230 e. The molecule has 0 saturated carbocycles. The second-order valence-corrected chi connectivity index (χ2v) is 7.59. The summed E-state index contributed by atoms with van der Waals surface area (Å²) in [6, 6.07) is 9.56. The minimum Gasteiger partial charge on any atom is -0.367 e. The maximum atomic E-state index is 12.0. The van der Waals surface area contributed by atoms with Crippen LogP contribution in [0.5, 0.6) is 0 Å². The van der Waals surface area contributed by atoms with E-state index >= 15 is 0 Å². The second-order valence-electron chi connectivity index (χ2n) is 7.59. The zero-order chi connectivity index (χ0) is 19.4. The summed E-state index contributed by atoms with van der Waals surface area (Å²) < 4.78 is 0. The molecule has 7 nitrogen and oxygen atoms in total. The van der Waals surface area contributed by atoms with E-state index in [-0.39, 0.29) is 5.91 Å². The molecule has 3 rings (SSSR count). The van der Waals surface area contributed by atoms with Crippen molar-refractivity contribution in [3.8, 4) is 6.07 Å². The first-order chi connectivity index (χ1) is 12.9. The molecule has 1 amide bonds. The first-order valence-corrected chi connectivity index (χ1v) is 9.00. The van der Waals surface area contributed by atoms with E-state index in [0.717, 1.165) is 37.6 Å². The summed E-state index contributed by atoms with van der Waals surface area (Å²) in [5.41, 5.74) is 2.06. The third kappa shape index (κ3) is 4.53. The van der Waals surface area contributed by atoms with E-state index in [0.29, 0.717) is 11.5 Å². The van der Waals surface area contributed by atoms with Gasteiger partial charge in [0.15, 0.2) is 0 Å². The lowest BCUT2D eigenvalue weighted by Crippen LogP contribution is -2.46. The molecule has 0 atom stereocenters. The highest BCUT2D eigenvalue weighted by Crippen LogP contribution is 2.21. The number of amides is 1. The monoisotopic (exact) mass is 364 g/mol. The van der Waals surface area contributed by atoms with Gasteiger partial charge in [-0.2, -0.15) is 5.26 Å². The number of nitrogens with one attached hydrogen (secondary N) is 1. The van der Waals surface area contributed by atoms with Crippen LogP contribution < -0.4 is 15.1 Å². The molecule has 140 valence electrons. The molecule has 1 fully saturated rings. The van der Waals surface area contributed by atoms with Crippen molar-refractivity contribution in [2.75, 3.05) is 41.3 Å². The average Bonchev–Trinajstić information content (AvgIpc) is 2.68. The molecule has 0 unspecified atom stereocenters. The molecule has 27 heavy (non-hydrogen) atoms. The lowest BCUT2D eigenvalue weighted by molar-refractivity contribution is -0.123. The van der Waals surface area contributed by atoms with Crippen LogP contribution in [0, 0.1) is 16.7 Å². The molecule has 1 saturated heterocycles. The third-order valence-corrected chi connectivity index (χ3v) is 4.54. The van der Waals surface area contributed by atoms with Gasteiger partial charge in [0.05, 0.1) is 23.8 Å². The number of nitrogens with zero attached hydrogens (tertiary/aromatic N) is 5. The molecule has 1 aliphatic rings. The molecule has 0 spiro atoms. The van der Waals surface area contributed by atoms with Crippen LogP contribution in [0.2, 0.25) is 0 Å². The molecule has 3 heterocycles. The highest BCUT2D eigenvalue weighted by atomic mass is 16.2. The van der Waals surface area contributed by atoms with E-state index in [1.54, 1.807) is 18.5 Å². The van der Waals surface area contributed by atoms with Crippen LogP contribution in [0.4, 0.5) is 17.2 Å². The Morgan fingerprint density at radius 1 is 1.00 bits per heavy atom. The predicted molar refractivity (Wildman–Crippen MR) is 106 cm³/mol. The van der Waals surface area contributed by atoms with Gasteiger partial charge in [-0.3, -0.25) is 4.79 Å². The van der Waals surface area contributed by atoms with Crippen LogP contribution in [0.3, 0.4) is 0 Å². The number of piperazine rings is 1. The molecule has 0 aliphatic carbocycles. The molecule has 0 aromatic carbocycles. The molecule has 2 aromatic heterocycles. The van der Waals surface area contributed by atoms with Gasteiger partial charge in [0.2, 0.25) is 5.91 Å². The fraction of sp³-hybridized carbons (Fsp3) is 0.400. The Morgan fingerprint density at radius 3 is 1.96 bits per heavy atom. The number of anilines is 3. The first kappa shape index (κ1) is 18.6. The van der Waals surface area contributed by atoms with Gasteiger partial charge in [-0.05, 0) is 24.3 Å². The topological polar surface area (TPSA) is 85.2 Å². The van der Waals surface area contributed by atoms with Crippen LogP contribution in [0.1, 0.15) is 26.5 Å². The van der Waals surface area contributed by atoms with Crippen molar-refractivity contribution >= 4 is 23.1 Å². The third-order valence-electron chi connectivity index (χ3n) is 4.54. The zero-order valence-corrected chi connectivity index (χ0v) is 15.9. The fourth-order valence-electron chi connectivity index (χ4n) is 2.81. The number of carbonyl (C=O) groups is 1. The van der Waals surface area contributed by atoms with Crippen LogP contribution >= 0.6 is 0 Å². The average molecular weight is 364 g/mol. The molecule has 7 heteroatoms. The van der Waals surface area contributed by atoms with Gasteiger partial charge in [-0.1, -0.05) is 20.8 Å². The number of hydrogen-bond donors (Lipinski definition) is 1. The summed E-state index contributed by atoms with van der Waals surface area (Å²) in [5, 5.41) is 11.7. The maximum Gasteiger partial charge on any atom is 0.230 e. The summed E-state index contributed by atoms with van der Waals surface area (Å²) in [7, 11) is 0. The Labute approximate surface area is 159 Å².